The maximum atomic E-state index is 12.3. The molecule has 0 saturated carbocycles. The monoisotopic (exact) mass is 228 g/mol. The largest absolute Gasteiger partial charge is 0.476 e. The Kier molecular flexibility index (Phi) is 2.45. The molecule has 0 aliphatic carbocycles. The van der Waals surface area contributed by atoms with Gasteiger partial charge in [-0.1, -0.05) is 0 Å². The predicted molar refractivity (Wildman–Crippen MR) is 40.2 cm³/mol. The van der Waals surface area contributed by atoms with Crippen molar-refractivity contribution >= 4 is 17.6 Å². The molecule has 0 aromatic carbocycles. The zero-order valence-corrected chi connectivity index (χ0v) is 7.52. The van der Waals surface area contributed by atoms with Crippen LogP contribution in [0.3, 0.4) is 0 Å². The summed E-state index contributed by atoms with van der Waals surface area (Å²) in [6, 6.07) is 0. The zero-order chi connectivity index (χ0) is 11.1. The fourth-order valence-corrected chi connectivity index (χ4v) is 1.11. The predicted octanol–water partition coefficient (Wildman–Crippen LogP) is 1.79. The van der Waals surface area contributed by atoms with Crippen LogP contribution >= 0.6 is 11.6 Å². The smallest absolute Gasteiger partial charge is 0.433 e. The fourth-order valence-electron chi connectivity index (χ4n) is 0.945. The van der Waals surface area contributed by atoms with E-state index in [1.54, 1.807) is 0 Å². The number of carboxylic acids is 1. The van der Waals surface area contributed by atoms with Crippen molar-refractivity contribution in [3.05, 3.63) is 16.7 Å². The Balaban J connectivity index is 3.46. The minimum atomic E-state index is -4.79. The second-order valence-electron chi connectivity index (χ2n) is 2.44. The molecule has 0 aliphatic heterocycles. The van der Waals surface area contributed by atoms with Crippen molar-refractivity contribution in [1.82, 2.24) is 9.55 Å². The Bertz CT molecular complexity index is 385. The van der Waals surface area contributed by atoms with E-state index in [9.17, 15) is 18.0 Å². The van der Waals surface area contributed by atoms with Crippen molar-refractivity contribution in [3.8, 4) is 0 Å². The normalized spacial score (nSPS) is 11.8. The first-order chi connectivity index (χ1) is 6.25. The molecule has 0 bridgehead atoms. The maximum Gasteiger partial charge on any atom is 0.433 e. The summed E-state index contributed by atoms with van der Waals surface area (Å²) in [5.41, 5.74) is -2.46. The van der Waals surface area contributed by atoms with Gasteiger partial charge in [0.05, 0.1) is 0 Å². The van der Waals surface area contributed by atoms with Gasteiger partial charge in [0.15, 0.2) is 11.4 Å². The molecule has 0 amide bonds. The molecule has 1 aromatic heterocycles. The molecular formula is C6H4ClF3N2O2. The van der Waals surface area contributed by atoms with E-state index in [0.29, 0.717) is 4.57 Å². The van der Waals surface area contributed by atoms with Gasteiger partial charge >= 0.3 is 12.1 Å². The highest BCUT2D eigenvalue weighted by Crippen LogP contribution is 2.33. The van der Waals surface area contributed by atoms with Gasteiger partial charge in [-0.15, -0.1) is 0 Å². The van der Waals surface area contributed by atoms with E-state index < -0.39 is 28.8 Å². The number of aromatic carboxylic acids is 1. The number of rotatable bonds is 1. The Morgan fingerprint density at radius 1 is 1.57 bits per heavy atom. The molecule has 14 heavy (non-hydrogen) atoms. The van der Waals surface area contributed by atoms with Gasteiger partial charge in [-0.2, -0.15) is 13.2 Å². The van der Waals surface area contributed by atoms with Gasteiger partial charge in [0.2, 0.25) is 5.28 Å². The number of alkyl halides is 3. The highest BCUT2D eigenvalue weighted by atomic mass is 35.5. The zero-order valence-electron chi connectivity index (χ0n) is 6.76. The molecule has 0 radical (unpaired) electrons. The number of nitrogens with zero attached hydrogens (tertiary/aromatic N) is 2. The molecule has 1 aromatic rings. The third kappa shape index (κ3) is 1.67. The molecule has 1 N–H and O–H groups in total. The highest BCUT2D eigenvalue weighted by molar-refractivity contribution is 6.28. The van der Waals surface area contributed by atoms with Crippen LogP contribution in [0.4, 0.5) is 13.2 Å². The minimum Gasteiger partial charge on any atom is -0.476 e. The average molecular weight is 229 g/mol. The van der Waals surface area contributed by atoms with E-state index in [1.807, 2.05) is 0 Å². The van der Waals surface area contributed by atoms with E-state index in [4.69, 9.17) is 16.7 Å². The lowest BCUT2D eigenvalue weighted by molar-refractivity contribution is -0.143. The molecule has 78 valence electrons. The Labute approximate surface area is 80.9 Å². The van der Waals surface area contributed by atoms with E-state index >= 15 is 0 Å². The Hall–Kier alpha value is -1.24. The number of aromatic nitrogens is 2. The highest BCUT2D eigenvalue weighted by Gasteiger charge is 2.40. The molecule has 0 spiro atoms. The van der Waals surface area contributed by atoms with Crippen LogP contribution in [0.2, 0.25) is 5.28 Å². The fraction of sp³-hybridized carbons (Fsp3) is 0.333. The Morgan fingerprint density at radius 3 is 2.36 bits per heavy atom. The average Bonchev–Trinajstić information content (AvgIpc) is 2.27. The molecule has 4 nitrogen and oxygen atoms in total. The number of carboxylic acid groups (broad SMARTS) is 1. The first-order valence-corrected chi connectivity index (χ1v) is 3.65. The van der Waals surface area contributed by atoms with Crippen molar-refractivity contribution in [1.29, 1.82) is 0 Å². The molecule has 0 saturated heterocycles. The van der Waals surface area contributed by atoms with Crippen molar-refractivity contribution < 1.29 is 23.1 Å². The van der Waals surface area contributed by atoms with E-state index in [-0.39, 0.29) is 0 Å². The van der Waals surface area contributed by atoms with Crippen LogP contribution in [-0.2, 0) is 13.2 Å². The van der Waals surface area contributed by atoms with Crippen LogP contribution in [-0.4, -0.2) is 20.6 Å². The number of carbonyl (C=O) groups is 1. The van der Waals surface area contributed by atoms with Gasteiger partial charge < -0.3 is 9.67 Å². The summed E-state index contributed by atoms with van der Waals surface area (Å²) < 4.78 is 37.4. The minimum absolute atomic E-state index is 0.477. The summed E-state index contributed by atoms with van der Waals surface area (Å²) in [6.45, 7) is 0. The molecule has 8 heteroatoms. The summed E-state index contributed by atoms with van der Waals surface area (Å²) in [5, 5.41) is 7.91. The van der Waals surface area contributed by atoms with Crippen molar-refractivity contribution in [2.24, 2.45) is 7.05 Å². The standard InChI is InChI=1S/C6H4ClF3N2O2/c1-12-3(6(8,9)10)2(4(13)14)11-5(12)7/h1H3,(H,13,14). The van der Waals surface area contributed by atoms with E-state index in [1.165, 1.54) is 0 Å². The number of hydrogen-bond acceptors (Lipinski definition) is 2. The van der Waals surface area contributed by atoms with Gasteiger partial charge in [0, 0.05) is 7.05 Å². The summed E-state index contributed by atoms with van der Waals surface area (Å²) in [7, 11) is 0.991. The number of imidazole rings is 1. The maximum absolute atomic E-state index is 12.3. The Morgan fingerprint density at radius 2 is 2.07 bits per heavy atom. The van der Waals surface area contributed by atoms with E-state index in [2.05, 4.69) is 4.98 Å². The molecular weight excluding hydrogens is 225 g/mol. The molecule has 0 unspecified atom stereocenters. The quantitative estimate of drug-likeness (QED) is 0.797. The van der Waals surface area contributed by atoms with Gasteiger partial charge in [0.25, 0.3) is 0 Å². The summed E-state index contributed by atoms with van der Waals surface area (Å²) in [4.78, 5) is 13.5. The first kappa shape index (κ1) is 10.8. The van der Waals surface area contributed by atoms with E-state index in [0.717, 1.165) is 7.05 Å². The summed E-state index contributed by atoms with van der Waals surface area (Å²) >= 11 is 5.27. The summed E-state index contributed by atoms with van der Waals surface area (Å²) in [5.74, 6) is -1.76. The van der Waals surface area contributed by atoms with Crippen LogP contribution in [0.1, 0.15) is 16.2 Å². The summed E-state index contributed by atoms with van der Waals surface area (Å²) in [6.07, 6.45) is -4.79. The lowest BCUT2D eigenvalue weighted by Gasteiger charge is -2.07. The molecule has 1 heterocycles. The van der Waals surface area contributed by atoms with Gasteiger partial charge in [-0.3, -0.25) is 0 Å². The van der Waals surface area contributed by atoms with Gasteiger partial charge in [0.1, 0.15) is 0 Å². The van der Waals surface area contributed by atoms with Gasteiger partial charge in [-0.05, 0) is 11.6 Å². The molecule has 0 atom stereocenters. The molecule has 0 aliphatic rings. The van der Waals surface area contributed by atoms with Gasteiger partial charge in [-0.25, -0.2) is 9.78 Å². The third-order valence-corrected chi connectivity index (χ3v) is 1.85. The van der Waals surface area contributed by atoms with Crippen molar-refractivity contribution in [2.75, 3.05) is 0 Å². The topological polar surface area (TPSA) is 55.1 Å². The van der Waals surface area contributed by atoms with Crippen LogP contribution in [0.25, 0.3) is 0 Å². The lowest BCUT2D eigenvalue weighted by Crippen LogP contribution is -2.16. The number of halogens is 4. The second kappa shape index (κ2) is 3.16. The van der Waals surface area contributed by atoms with Crippen LogP contribution in [0.15, 0.2) is 0 Å². The SMILES string of the molecule is Cn1c(Cl)nc(C(=O)O)c1C(F)(F)F. The molecule has 0 fully saturated rings. The lowest BCUT2D eigenvalue weighted by atomic mass is 10.3. The van der Waals surface area contributed by atoms with Crippen LogP contribution in [0, 0.1) is 0 Å². The van der Waals surface area contributed by atoms with Crippen molar-refractivity contribution in [3.63, 3.8) is 0 Å². The second-order valence-corrected chi connectivity index (χ2v) is 2.78. The first-order valence-electron chi connectivity index (χ1n) is 3.28. The number of hydrogen-bond donors (Lipinski definition) is 1. The van der Waals surface area contributed by atoms with Crippen LogP contribution in [0.5, 0.6) is 0 Å². The molecule has 1 rings (SSSR count). The third-order valence-electron chi connectivity index (χ3n) is 1.51. The van der Waals surface area contributed by atoms with Crippen molar-refractivity contribution in [2.45, 2.75) is 6.18 Å². The van der Waals surface area contributed by atoms with Crippen LogP contribution < -0.4 is 0 Å².